The number of nitrogens with zero attached hydrogens (tertiary/aromatic N) is 1. The van der Waals surface area contributed by atoms with Crippen molar-refractivity contribution in [1.82, 2.24) is 10.5 Å². The summed E-state index contributed by atoms with van der Waals surface area (Å²) in [7, 11) is 0. The Morgan fingerprint density at radius 1 is 1.10 bits per heavy atom. The van der Waals surface area contributed by atoms with E-state index >= 15 is 0 Å². The van der Waals surface area contributed by atoms with Gasteiger partial charge in [-0.1, -0.05) is 42.4 Å². The molecule has 21 heavy (non-hydrogen) atoms. The van der Waals surface area contributed by atoms with Gasteiger partial charge in [-0.2, -0.15) is 0 Å². The fourth-order valence-corrected chi connectivity index (χ4v) is 2.17. The lowest BCUT2D eigenvalue weighted by Crippen LogP contribution is -2.11. The Balaban J connectivity index is 1.64. The lowest BCUT2D eigenvalue weighted by molar-refractivity contribution is 0.248. The average molecular weight is 282 g/mol. The Bertz CT molecular complexity index is 721. The van der Waals surface area contributed by atoms with Crippen LogP contribution in [-0.4, -0.2) is 11.7 Å². The zero-order valence-electron chi connectivity index (χ0n) is 12.0. The van der Waals surface area contributed by atoms with Crippen LogP contribution in [0.3, 0.4) is 0 Å². The van der Waals surface area contributed by atoms with Gasteiger partial charge in [0.2, 0.25) is 0 Å². The summed E-state index contributed by atoms with van der Waals surface area (Å²) in [4.78, 5) is 0. The van der Waals surface area contributed by atoms with Crippen LogP contribution in [0.2, 0.25) is 0 Å². The van der Waals surface area contributed by atoms with E-state index in [0.29, 0.717) is 6.61 Å². The normalized spacial score (nSPS) is 10.9. The molecule has 0 aliphatic rings. The van der Waals surface area contributed by atoms with Gasteiger partial charge in [0.1, 0.15) is 12.4 Å². The van der Waals surface area contributed by atoms with E-state index in [9.17, 15) is 0 Å². The predicted molar refractivity (Wildman–Crippen MR) is 82.2 cm³/mol. The van der Waals surface area contributed by atoms with Crippen molar-refractivity contribution in [3.63, 3.8) is 0 Å². The van der Waals surface area contributed by atoms with E-state index in [1.807, 2.05) is 30.3 Å². The summed E-state index contributed by atoms with van der Waals surface area (Å²) < 4.78 is 11.0. The summed E-state index contributed by atoms with van der Waals surface area (Å²) in [6.07, 6.45) is 0. The molecule has 0 bridgehead atoms. The Morgan fingerprint density at radius 3 is 2.81 bits per heavy atom. The molecule has 2 aromatic carbocycles. The van der Waals surface area contributed by atoms with Gasteiger partial charge in [0.05, 0.1) is 5.69 Å². The molecule has 1 heterocycles. The number of nitrogens with one attached hydrogen (secondary N) is 1. The molecule has 0 saturated heterocycles. The molecule has 4 heteroatoms. The number of fused-ring (bicyclic) bond motifs is 1. The lowest BCUT2D eigenvalue weighted by atomic mass is 10.1. The molecule has 0 radical (unpaired) electrons. The van der Waals surface area contributed by atoms with E-state index in [2.05, 4.69) is 35.6 Å². The van der Waals surface area contributed by atoms with Crippen LogP contribution in [0.1, 0.15) is 18.4 Å². The standard InChI is InChI=1S/C17H18N2O2/c1-2-18-11-15-10-17(21-19-15)12-20-16-8-7-13-5-3-4-6-14(13)9-16/h3-10,18H,2,11-12H2,1H3. The van der Waals surface area contributed by atoms with Crippen LogP contribution < -0.4 is 10.1 Å². The third-order valence-corrected chi connectivity index (χ3v) is 3.27. The zero-order valence-corrected chi connectivity index (χ0v) is 12.0. The van der Waals surface area contributed by atoms with E-state index in [1.165, 1.54) is 10.8 Å². The first-order chi connectivity index (χ1) is 10.3. The van der Waals surface area contributed by atoms with E-state index < -0.39 is 0 Å². The van der Waals surface area contributed by atoms with Gasteiger partial charge in [-0.05, 0) is 29.4 Å². The Kier molecular flexibility index (Phi) is 4.17. The monoisotopic (exact) mass is 282 g/mol. The van der Waals surface area contributed by atoms with Crippen LogP contribution in [0.25, 0.3) is 10.8 Å². The quantitative estimate of drug-likeness (QED) is 0.751. The van der Waals surface area contributed by atoms with Gasteiger partial charge in [-0.15, -0.1) is 0 Å². The highest BCUT2D eigenvalue weighted by Crippen LogP contribution is 2.21. The molecule has 0 amide bonds. The molecule has 0 aliphatic heterocycles. The Morgan fingerprint density at radius 2 is 1.95 bits per heavy atom. The summed E-state index contributed by atoms with van der Waals surface area (Å²) >= 11 is 0. The van der Waals surface area contributed by atoms with Crippen LogP contribution >= 0.6 is 0 Å². The Hall–Kier alpha value is -2.33. The topological polar surface area (TPSA) is 47.3 Å². The SMILES string of the molecule is CCNCc1cc(COc2ccc3ccccc3c2)on1. The second-order valence-electron chi connectivity index (χ2n) is 4.86. The first-order valence-electron chi connectivity index (χ1n) is 7.12. The number of benzene rings is 2. The third kappa shape index (κ3) is 3.41. The van der Waals surface area contributed by atoms with E-state index in [0.717, 1.165) is 30.3 Å². The molecule has 0 aliphatic carbocycles. The smallest absolute Gasteiger partial charge is 0.174 e. The number of rotatable bonds is 6. The number of aromatic nitrogens is 1. The van der Waals surface area contributed by atoms with Crippen molar-refractivity contribution in [1.29, 1.82) is 0 Å². The van der Waals surface area contributed by atoms with Crippen molar-refractivity contribution in [2.45, 2.75) is 20.1 Å². The maximum absolute atomic E-state index is 5.76. The van der Waals surface area contributed by atoms with Gasteiger partial charge in [0.15, 0.2) is 5.76 Å². The molecular weight excluding hydrogens is 264 g/mol. The van der Waals surface area contributed by atoms with Crippen molar-refractivity contribution < 1.29 is 9.26 Å². The summed E-state index contributed by atoms with van der Waals surface area (Å²) in [5.74, 6) is 1.56. The van der Waals surface area contributed by atoms with Crippen molar-refractivity contribution in [3.8, 4) is 5.75 Å². The van der Waals surface area contributed by atoms with Gasteiger partial charge in [0.25, 0.3) is 0 Å². The average Bonchev–Trinajstić information content (AvgIpc) is 2.98. The highest BCUT2D eigenvalue weighted by atomic mass is 16.5. The first kappa shape index (κ1) is 13.6. The first-order valence-corrected chi connectivity index (χ1v) is 7.12. The van der Waals surface area contributed by atoms with Crippen LogP contribution in [-0.2, 0) is 13.2 Å². The van der Waals surface area contributed by atoms with E-state index in [1.54, 1.807) is 0 Å². The summed E-state index contributed by atoms with van der Waals surface area (Å²) in [5, 5.41) is 9.58. The number of hydrogen-bond donors (Lipinski definition) is 1. The fraction of sp³-hybridized carbons (Fsp3) is 0.235. The third-order valence-electron chi connectivity index (χ3n) is 3.27. The number of hydrogen-bond acceptors (Lipinski definition) is 4. The number of ether oxygens (including phenoxy) is 1. The summed E-state index contributed by atoms with van der Waals surface area (Å²) in [6.45, 7) is 4.08. The Labute approximate surface area is 123 Å². The lowest BCUT2D eigenvalue weighted by Gasteiger charge is -2.05. The van der Waals surface area contributed by atoms with Crippen LogP contribution in [0.15, 0.2) is 53.1 Å². The van der Waals surface area contributed by atoms with Gasteiger partial charge in [-0.3, -0.25) is 0 Å². The van der Waals surface area contributed by atoms with Crippen molar-refractivity contribution >= 4 is 10.8 Å². The maximum Gasteiger partial charge on any atom is 0.174 e. The molecule has 3 aromatic rings. The largest absolute Gasteiger partial charge is 0.486 e. The highest BCUT2D eigenvalue weighted by Gasteiger charge is 2.05. The minimum atomic E-state index is 0.386. The predicted octanol–water partition coefficient (Wildman–Crippen LogP) is 3.52. The molecule has 1 aromatic heterocycles. The highest BCUT2D eigenvalue weighted by molar-refractivity contribution is 5.83. The second kappa shape index (κ2) is 6.41. The van der Waals surface area contributed by atoms with E-state index in [-0.39, 0.29) is 0 Å². The molecule has 4 nitrogen and oxygen atoms in total. The summed E-state index contributed by atoms with van der Waals surface area (Å²) in [5.41, 5.74) is 0.897. The van der Waals surface area contributed by atoms with Gasteiger partial charge >= 0.3 is 0 Å². The minimum Gasteiger partial charge on any atom is -0.486 e. The summed E-state index contributed by atoms with van der Waals surface area (Å²) in [6, 6.07) is 16.2. The molecule has 0 saturated carbocycles. The second-order valence-corrected chi connectivity index (χ2v) is 4.86. The fourth-order valence-electron chi connectivity index (χ4n) is 2.17. The molecule has 0 atom stereocenters. The van der Waals surface area contributed by atoms with Crippen molar-refractivity contribution in [2.24, 2.45) is 0 Å². The van der Waals surface area contributed by atoms with E-state index in [4.69, 9.17) is 9.26 Å². The van der Waals surface area contributed by atoms with Gasteiger partial charge < -0.3 is 14.6 Å². The van der Waals surface area contributed by atoms with Gasteiger partial charge in [0, 0.05) is 12.6 Å². The molecule has 0 spiro atoms. The van der Waals surface area contributed by atoms with Crippen LogP contribution in [0.4, 0.5) is 0 Å². The van der Waals surface area contributed by atoms with Crippen LogP contribution in [0, 0.1) is 0 Å². The van der Waals surface area contributed by atoms with Crippen molar-refractivity contribution in [3.05, 3.63) is 60.0 Å². The molecule has 3 rings (SSSR count). The zero-order chi connectivity index (χ0) is 14.5. The van der Waals surface area contributed by atoms with Crippen LogP contribution in [0.5, 0.6) is 5.75 Å². The van der Waals surface area contributed by atoms with Gasteiger partial charge in [-0.25, -0.2) is 0 Å². The maximum atomic E-state index is 5.76. The molecule has 108 valence electrons. The molecular formula is C17H18N2O2. The molecule has 0 fully saturated rings. The minimum absolute atomic E-state index is 0.386. The molecule has 1 N–H and O–H groups in total. The molecule has 0 unspecified atom stereocenters. The van der Waals surface area contributed by atoms with Crippen molar-refractivity contribution in [2.75, 3.05) is 6.54 Å².